The van der Waals surface area contributed by atoms with Gasteiger partial charge in [-0.05, 0) is 13.3 Å². The van der Waals surface area contributed by atoms with E-state index in [1.807, 2.05) is 0 Å². The van der Waals surface area contributed by atoms with Crippen LogP contribution in [-0.2, 0) is 11.3 Å². The molecule has 2 aromatic heterocycles. The van der Waals surface area contributed by atoms with Crippen LogP contribution in [0.1, 0.15) is 22.5 Å². The summed E-state index contributed by atoms with van der Waals surface area (Å²) in [6, 6.07) is 0. The zero-order valence-corrected chi connectivity index (χ0v) is 11.4. The van der Waals surface area contributed by atoms with Crippen LogP contribution in [0.3, 0.4) is 0 Å². The van der Waals surface area contributed by atoms with Gasteiger partial charge in [0.1, 0.15) is 0 Å². The fourth-order valence-corrected chi connectivity index (χ4v) is 2.29. The van der Waals surface area contributed by atoms with Gasteiger partial charge in [0, 0.05) is 26.5 Å². The third kappa shape index (κ3) is 2.54. The van der Waals surface area contributed by atoms with Crippen LogP contribution in [0.4, 0.5) is 0 Å². The molecule has 0 aliphatic rings. The van der Waals surface area contributed by atoms with Crippen LogP contribution in [0.5, 0.6) is 0 Å². The molecule has 0 unspecified atom stereocenters. The molecule has 2 heterocycles. The van der Waals surface area contributed by atoms with Crippen molar-refractivity contribution in [3.05, 3.63) is 22.5 Å². The van der Waals surface area contributed by atoms with E-state index >= 15 is 0 Å². The number of carboxylic acid groups (broad SMARTS) is 1. The third-order valence-electron chi connectivity index (χ3n) is 2.82. The van der Waals surface area contributed by atoms with Crippen LogP contribution in [0.25, 0.3) is 11.0 Å². The molecule has 0 saturated heterocycles. The molecule has 7 heteroatoms. The van der Waals surface area contributed by atoms with Crippen molar-refractivity contribution >= 4 is 28.6 Å². The number of hydrogen-bond donors (Lipinski definition) is 1. The maximum absolute atomic E-state index is 11.0. The fourth-order valence-electron chi connectivity index (χ4n) is 1.94. The van der Waals surface area contributed by atoms with Crippen molar-refractivity contribution in [2.75, 3.05) is 13.7 Å². The zero-order valence-electron chi connectivity index (χ0n) is 10.7. The molecule has 1 N–H and O–H groups in total. The second-order valence-corrected chi connectivity index (χ2v) is 4.52. The lowest BCUT2D eigenvalue weighted by Crippen LogP contribution is -2.05. The first-order chi connectivity index (χ1) is 9.06. The number of aromatic carboxylic acids is 1. The van der Waals surface area contributed by atoms with Gasteiger partial charge in [-0.1, -0.05) is 11.6 Å². The summed E-state index contributed by atoms with van der Waals surface area (Å²) in [6.07, 6.45) is 2.06. The number of halogens is 1. The summed E-state index contributed by atoms with van der Waals surface area (Å²) in [5, 5.41) is 14.2. The molecular weight excluding hydrogens is 270 g/mol. The van der Waals surface area contributed by atoms with E-state index < -0.39 is 5.97 Å². The zero-order chi connectivity index (χ0) is 14.0. The minimum absolute atomic E-state index is 0.00583. The number of pyridine rings is 1. The summed E-state index contributed by atoms with van der Waals surface area (Å²) in [5.41, 5.74) is 1.27. The third-order valence-corrected chi connectivity index (χ3v) is 3.21. The number of methoxy groups -OCH3 is 1. The molecule has 0 aliphatic carbocycles. The van der Waals surface area contributed by atoms with Gasteiger partial charge in [0.25, 0.3) is 0 Å². The lowest BCUT2D eigenvalue weighted by atomic mass is 10.2. The number of nitrogens with zero attached hydrogens (tertiary/aromatic N) is 3. The van der Waals surface area contributed by atoms with Gasteiger partial charge in [-0.15, -0.1) is 0 Å². The van der Waals surface area contributed by atoms with Crippen molar-refractivity contribution in [1.29, 1.82) is 0 Å². The Labute approximate surface area is 115 Å². The number of carbonyl (C=O) groups is 1. The van der Waals surface area contributed by atoms with Gasteiger partial charge in [-0.2, -0.15) is 5.10 Å². The van der Waals surface area contributed by atoms with Crippen LogP contribution >= 0.6 is 11.6 Å². The highest BCUT2D eigenvalue weighted by Gasteiger charge is 2.18. The van der Waals surface area contributed by atoms with Crippen LogP contribution in [0.2, 0.25) is 5.02 Å². The van der Waals surface area contributed by atoms with E-state index in [0.29, 0.717) is 29.9 Å². The van der Waals surface area contributed by atoms with Gasteiger partial charge in [0.05, 0.1) is 21.7 Å². The number of aromatic nitrogens is 3. The first-order valence-corrected chi connectivity index (χ1v) is 6.18. The molecular formula is C12H14ClN3O3. The van der Waals surface area contributed by atoms with E-state index in [-0.39, 0.29) is 10.6 Å². The average molecular weight is 284 g/mol. The van der Waals surface area contributed by atoms with Crippen LogP contribution in [0, 0.1) is 6.92 Å². The Morgan fingerprint density at radius 3 is 2.95 bits per heavy atom. The number of ether oxygens (including phenoxy) is 1. The van der Waals surface area contributed by atoms with E-state index in [0.717, 1.165) is 6.42 Å². The molecule has 0 fully saturated rings. The Balaban J connectivity index is 2.48. The van der Waals surface area contributed by atoms with Crippen molar-refractivity contribution in [2.45, 2.75) is 19.9 Å². The van der Waals surface area contributed by atoms with E-state index in [9.17, 15) is 4.79 Å². The highest BCUT2D eigenvalue weighted by Crippen LogP contribution is 2.28. The van der Waals surface area contributed by atoms with Crippen molar-refractivity contribution in [3.63, 3.8) is 0 Å². The standard InChI is InChI=1S/C12H14ClN3O3/c1-7-9-10(13)8(12(17)18)6-14-11(9)16(15-7)4-3-5-19-2/h6H,3-5H2,1-2H3,(H,17,18). The highest BCUT2D eigenvalue weighted by atomic mass is 35.5. The van der Waals surface area contributed by atoms with E-state index in [1.165, 1.54) is 6.20 Å². The normalized spacial score (nSPS) is 11.1. The predicted octanol–water partition coefficient (Wildman–Crippen LogP) is 2.13. The summed E-state index contributed by atoms with van der Waals surface area (Å²) in [5.74, 6) is -1.09. The predicted molar refractivity (Wildman–Crippen MR) is 70.7 cm³/mol. The maximum atomic E-state index is 11.0. The molecule has 0 aliphatic heterocycles. The molecule has 0 aromatic carbocycles. The largest absolute Gasteiger partial charge is 0.478 e. The molecule has 0 atom stereocenters. The Morgan fingerprint density at radius 1 is 1.58 bits per heavy atom. The summed E-state index contributed by atoms with van der Waals surface area (Å²) in [4.78, 5) is 15.2. The van der Waals surface area contributed by atoms with Crippen molar-refractivity contribution in [2.24, 2.45) is 0 Å². The monoisotopic (exact) mass is 283 g/mol. The van der Waals surface area contributed by atoms with E-state index in [4.69, 9.17) is 21.4 Å². The maximum Gasteiger partial charge on any atom is 0.338 e. The molecule has 102 valence electrons. The highest BCUT2D eigenvalue weighted by molar-refractivity contribution is 6.38. The quantitative estimate of drug-likeness (QED) is 0.851. The average Bonchev–Trinajstić information content (AvgIpc) is 2.67. The molecule has 2 aromatic rings. The Bertz CT molecular complexity index is 624. The molecule has 0 radical (unpaired) electrons. The minimum Gasteiger partial charge on any atom is -0.478 e. The minimum atomic E-state index is -1.09. The first-order valence-electron chi connectivity index (χ1n) is 5.80. The SMILES string of the molecule is COCCCn1nc(C)c2c(Cl)c(C(=O)O)cnc21. The number of rotatable bonds is 5. The lowest BCUT2D eigenvalue weighted by Gasteiger charge is -2.03. The van der Waals surface area contributed by atoms with Gasteiger partial charge in [0.15, 0.2) is 5.65 Å². The van der Waals surface area contributed by atoms with Gasteiger partial charge in [-0.3, -0.25) is 0 Å². The Kier molecular flexibility index (Phi) is 4.01. The molecule has 0 amide bonds. The van der Waals surface area contributed by atoms with Crippen LogP contribution < -0.4 is 0 Å². The van der Waals surface area contributed by atoms with Gasteiger partial charge in [-0.25, -0.2) is 14.5 Å². The molecule has 2 rings (SSSR count). The second-order valence-electron chi connectivity index (χ2n) is 4.14. The van der Waals surface area contributed by atoms with Crippen LogP contribution in [0.15, 0.2) is 6.20 Å². The molecule has 0 bridgehead atoms. The summed E-state index contributed by atoms with van der Waals surface area (Å²) in [6.45, 7) is 3.06. The molecule has 0 saturated carbocycles. The summed E-state index contributed by atoms with van der Waals surface area (Å²) >= 11 is 6.12. The van der Waals surface area contributed by atoms with E-state index in [1.54, 1.807) is 18.7 Å². The number of carboxylic acids is 1. The summed E-state index contributed by atoms with van der Waals surface area (Å²) in [7, 11) is 1.64. The van der Waals surface area contributed by atoms with Crippen LogP contribution in [-0.4, -0.2) is 39.6 Å². The fraction of sp³-hybridized carbons (Fsp3) is 0.417. The Morgan fingerprint density at radius 2 is 2.32 bits per heavy atom. The smallest absolute Gasteiger partial charge is 0.338 e. The van der Waals surface area contributed by atoms with E-state index in [2.05, 4.69) is 10.1 Å². The molecule has 6 nitrogen and oxygen atoms in total. The molecule has 0 spiro atoms. The van der Waals surface area contributed by atoms with Crippen molar-refractivity contribution in [3.8, 4) is 0 Å². The topological polar surface area (TPSA) is 77.2 Å². The molecule has 19 heavy (non-hydrogen) atoms. The first kappa shape index (κ1) is 13.8. The van der Waals surface area contributed by atoms with Gasteiger partial charge in [0.2, 0.25) is 0 Å². The number of hydrogen-bond acceptors (Lipinski definition) is 4. The number of aryl methyl sites for hydroxylation is 2. The second kappa shape index (κ2) is 5.54. The Hall–Kier alpha value is -1.66. The summed E-state index contributed by atoms with van der Waals surface area (Å²) < 4.78 is 6.71. The van der Waals surface area contributed by atoms with Gasteiger partial charge < -0.3 is 9.84 Å². The van der Waals surface area contributed by atoms with Crippen molar-refractivity contribution < 1.29 is 14.6 Å². The van der Waals surface area contributed by atoms with Gasteiger partial charge >= 0.3 is 5.97 Å². The van der Waals surface area contributed by atoms with Crippen molar-refractivity contribution in [1.82, 2.24) is 14.8 Å². The lowest BCUT2D eigenvalue weighted by molar-refractivity contribution is 0.0697. The number of fused-ring (bicyclic) bond motifs is 1.